The Kier molecular flexibility index (Phi) is 19.9. The van der Waals surface area contributed by atoms with Crippen LogP contribution in [0, 0.1) is 10.1 Å². The average Bonchev–Trinajstić information content (AvgIpc) is 3.44. The molecule has 0 saturated carbocycles. The molecule has 0 saturated heterocycles. The summed E-state index contributed by atoms with van der Waals surface area (Å²) in [5.74, 6) is -12.6. The molecule has 0 aliphatic heterocycles. The Bertz CT molecular complexity index is 3080. The van der Waals surface area contributed by atoms with Crippen LogP contribution >= 0.6 is 0 Å². The van der Waals surface area contributed by atoms with Gasteiger partial charge in [-0.2, -0.15) is 26.3 Å². The van der Waals surface area contributed by atoms with Crippen molar-refractivity contribution in [1.82, 2.24) is 31.6 Å². The predicted octanol–water partition coefficient (Wildman–Crippen LogP) is -4.47. The van der Waals surface area contributed by atoms with E-state index in [-0.39, 0.29) is 17.3 Å². The van der Waals surface area contributed by atoms with Crippen LogP contribution in [0.3, 0.4) is 0 Å². The van der Waals surface area contributed by atoms with Crippen LogP contribution < -0.4 is 88.6 Å². The van der Waals surface area contributed by atoms with Gasteiger partial charge in [0.15, 0.2) is 23.8 Å². The zero-order valence-electron chi connectivity index (χ0n) is 39.8. The fourth-order valence-corrected chi connectivity index (χ4v) is 6.71. The van der Waals surface area contributed by atoms with Gasteiger partial charge in [-0.3, -0.25) is 38.9 Å². The number of aliphatic hydroxyl groups is 1. The molecule has 4 rings (SSSR count). The largest absolute Gasteiger partial charge is 0.433 e. The molecule has 1 aromatic heterocycles. The Morgan fingerprint density at radius 1 is 0.646 bits per heavy atom. The molecule has 6 unspecified atom stereocenters. The van der Waals surface area contributed by atoms with Gasteiger partial charge in [-0.05, 0) is 29.8 Å². The number of nitro groups is 1. The molecule has 4 aromatic rings. The second kappa shape index (κ2) is 25.8. The van der Waals surface area contributed by atoms with Crippen molar-refractivity contribution < 1.29 is 75.4 Å². The normalized spacial score (nSPS) is 13.5. The molecular formula is C40H46F6N22O11. The highest BCUT2D eigenvalue weighted by Crippen LogP contribution is 2.41. The number of primary amides is 1. The van der Waals surface area contributed by atoms with Gasteiger partial charge in [0.05, 0.1) is 33.9 Å². The first-order valence-electron chi connectivity index (χ1n) is 21.4. The van der Waals surface area contributed by atoms with E-state index in [9.17, 15) is 70.3 Å². The number of amides is 6. The fraction of sp³-hybridized carbons (Fsp3) is 0.225. The molecule has 0 bridgehead atoms. The molecule has 0 aliphatic carbocycles. The van der Waals surface area contributed by atoms with E-state index in [4.69, 9.17) is 56.9 Å². The number of anilines is 2. The van der Waals surface area contributed by atoms with Crippen LogP contribution in [0.15, 0.2) is 92.8 Å². The van der Waals surface area contributed by atoms with E-state index < -0.39 is 159 Å². The highest BCUT2D eigenvalue weighted by Gasteiger charge is 2.41. The lowest BCUT2D eigenvalue weighted by Gasteiger charge is -2.32. The van der Waals surface area contributed by atoms with Crippen molar-refractivity contribution in [3.05, 3.63) is 105 Å². The van der Waals surface area contributed by atoms with Crippen molar-refractivity contribution >= 4 is 87.2 Å². The summed E-state index contributed by atoms with van der Waals surface area (Å²) in [7, 11) is 0. The van der Waals surface area contributed by atoms with Gasteiger partial charge in [-0.25, -0.2) is 35.7 Å². The minimum absolute atomic E-state index is 0.139. The Balaban J connectivity index is 1.81. The number of hydrogen-bond acceptors (Lipinski definition) is 18. The fourth-order valence-electron chi connectivity index (χ4n) is 6.71. The summed E-state index contributed by atoms with van der Waals surface area (Å²) in [6, 6.07) is 8.94. The number of alkyl halides is 6. The van der Waals surface area contributed by atoms with E-state index in [2.05, 4.69) is 35.3 Å². The molecule has 33 nitrogen and oxygen atoms in total. The van der Waals surface area contributed by atoms with E-state index in [1.807, 2.05) is 26.7 Å². The lowest BCUT2D eigenvalue weighted by Crippen LogP contribution is -2.58. The zero-order valence-corrected chi connectivity index (χ0v) is 39.8. The number of carbonyl (C=O) groups is 6. The quantitative estimate of drug-likeness (QED) is 0.00633. The molecule has 1 heterocycles. The van der Waals surface area contributed by atoms with E-state index >= 15 is 0 Å². The van der Waals surface area contributed by atoms with Gasteiger partial charge >= 0.3 is 12.4 Å². The number of nitro benzene ring substituents is 1. The van der Waals surface area contributed by atoms with Crippen LogP contribution in [-0.4, -0.2) is 110 Å². The van der Waals surface area contributed by atoms with Gasteiger partial charge in [-0.15, -0.1) is 4.99 Å². The number of pyridine rings is 1. The smallest absolute Gasteiger partial charge is 0.370 e. The number of carbonyl (C=O) groups excluding carboxylic acids is 6. The van der Waals surface area contributed by atoms with E-state index in [1.165, 1.54) is 30.3 Å². The third-order valence-corrected chi connectivity index (χ3v) is 9.96. The van der Waals surface area contributed by atoms with Crippen LogP contribution in [0.2, 0.25) is 0 Å². The van der Waals surface area contributed by atoms with Gasteiger partial charge in [0.2, 0.25) is 36.8 Å². The minimum Gasteiger partial charge on any atom is -0.370 e. The number of halogens is 6. The summed E-state index contributed by atoms with van der Waals surface area (Å²) in [6.45, 7) is -1.19. The third kappa shape index (κ3) is 16.7. The molecule has 424 valence electrons. The molecule has 0 spiro atoms. The van der Waals surface area contributed by atoms with Gasteiger partial charge in [0, 0.05) is 17.0 Å². The number of fused-ring (bicyclic) bond motifs is 1. The number of nitrogens with one attached hydrogen (secondary N) is 6. The van der Waals surface area contributed by atoms with Crippen molar-refractivity contribution in [2.45, 2.75) is 55.8 Å². The number of nitrogens with two attached hydrogens (primary N) is 9. The van der Waals surface area contributed by atoms with Gasteiger partial charge < -0.3 is 88.2 Å². The maximum absolute atomic E-state index is 14.5. The summed E-state index contributed by atoms with van der Waals surface area (Å²) in [5, 5.41) is 42.2. The van der Waals surface area contributed by atoms with Gasteiger partial charge in [0.25, 0.3) is 35.2 Å². The number of aromatic nitrogens is 1. The SMILES string of the molecule is NC(=O)C(N=C(N)N)NC(=O)C(N=C(N)N)NC(=O)C(N=C(N)N)NC(=O)C(N=C(N)N)NC(=O)C(NC(=O)C(O)N(Cc1ccc(NOO)cc1[N+](=O)[O-])c1cc(C(F)(F)F)nc2c(C(F)(F)F)cccc12)c1ccccc1. The van der Waals surface area contributed by atoms with Gasteiger partial charge in [-0.1, -0.05) is 42.5 Å². The molecule has 26 N–H and O–H groups in total. The number of nitrogens with zero attached hydrogens (tertiary/aromatic N) is 7. The Labute approximate surface area is 436 Å². The Morgan fingerprint density at radius 3 is 1.59 bits per heavy atom. The highest BCUT2D eigenvalue weighted by molar-refractivity contribution is 6.00. The van der Waals surface area contributed by atoms with Crippen LogP contribution in [0.25, 0.3) is 10.9 Å². The molecule has 3 aromatic carbocycles. The topological polar surface area (TPSA) is 567 Å². The zero-order chi connectivity index (χ0) is 59.3. The standard InChI is InChI=1S/C40H46F6N22O11/c41-39(42,43)18-8-4-7-17-20(12-21(40(44,45)46)56-23(17)18)67(13-15-9-10-16(66-79-78)11-19(15)68(76)77)34(75)33(74)57-22(14-5-2-1-3-6-14)29(70)59-26(63-36(50)51)31(72)61-28(65-38(54)55)32(73)60-27(64-37(52)53)30(71)58-25(24(47)69)62-35(48)49/h1-12,22,25-28,34,66,75,78H,13H2,(H2,47,69)(H,57,74)(H,58,71)(H,59,70)(H,60,73)(H,61,72)(H4,48,49,62)(H4,50,51,63)(H4,52,53,64)(H4,54,55,65). The van der Waals surface area contributed by atoms with Gasteiger partial charge in [0.1, 0.15) is 11.7 Å². The Hall–Kier alpha value is -10.6. The van der Waals surface area contributed by atoms with Crippen LogP contribution in [0.4, 0.5) is 43.4 Å². The second-order valence-electron chi connectivity index (χ2n) is 15.6. The molecule has 6 amide bonds. The molecule has 0 aliphatic rings. The summed E-state index contributed by atoms with van der Waals surface area (Å²) >= 11 is 0. The third-order valence-electron chi connectivity index (χ3n) is 9.96. The first-order valence-corrected chi connectivity index (χ1v) is 21.4. The summed E-state index contributed by atoms with van der Waals surface area (Å²) < 4.78 is 86.6. The number of guanidine groups is 4. The highest BCUT2D eigenvalue weighted by atomic mass is 19.4. The molecule has 6 atom stereocenters. The lowest BCUT2D eigenvalue weighted by atomic mass is 10.0. The maximum atomic E-state index is 14.5. The molecule has 0 fully saturated rings. The molecule has 79 heavy (non-hydrogen) atoms. The number of aliphatic hydroxyl groups excluding tert-OH is 1. The van der Waals surface area contributed by atoms with E-state index in [0.717, 1.165) is 30.3 Å². The number of aliphatic imine (C=N–C) groups is 4. The van der Waals surface area contributed by atoms with Crippen molar-refractivity contribution in [2.24, 2.45) is 71.6 Å². The van der Waals surface area contributed by atoms with E-state index in [0.29, 0.717) is 11.0 Å². The summed E-state index contributed by atoms with van der Waals surface area (Å²) in [4.78, 5) is 114. The number of para-hydroxylation sites is 1. The molecule has 0 radical (unpaired) electrons. The monoisotopic (exact) mass is 1120 g/mol. The first kappa shape index (κ1) is 61.0. The number of rotatable bonds is 23. The second-order valence-corrected chi connectivity index (χ2v) is 15.6. The number of benzene rings is 3. The molecule has 39 heteroatoms. The summed E-state index contributed by atoms with van der Waals surface area (Å²) in [6.07, 6.45) is -22.7. The van der Waals surface area contributed by atoms with Crippen molar-refractivity contribution in [2.75, 3.05) is 10.4 Å². The number of hydrogen-bond donors (Lipinski definition) is 17. The average molecular weight is 1120 g/mol. The van der Waals surface area contributed by atoms with Crippen molar-refractivity contribution in [1.29, 1.82) is 0 Å². The summed E-state index contributed by atoms with van der Waals surface area (Å²) in [5.41, 5.74) is 42.3. The van der Waals surface area contributed by atoms with Crippen LogP contribution in [-0.2, 0) is 52.7 Å². The predicted molar refractivity (Wildman–Crippen MR) is 262 cm³/mol. The lowest BCUT2D eigenvalue weighted by molar-refractivity contribution is -0.385. The van der Waals surface area contributed by atoms with Crippen molar-refractivity contribution in [3.8, 4) is 0 Å². The first-order chi connectivity index (χ1) is 36.8. The Morgan fingerprint density at radius 2 is 1.14 bits per heavy atom. The van der Waals surface area contributed by atoms with E-state index in [1.54, 1.807) is 0 Å². The van der Waals surface area contributed by atoms with Crippen molar-refractivity contribution in [3.63, 3.8) is 0 Å². The maximum Gasteiger partial charge on any atom is 0.433 e. The van der Waals surface area contributed by atoms with Crippen LogP contribution in [0.1, 0.15) is 28.4 Å². The molecular weight excluding hydrogens is 1080 g/mol. The van der Waals surface area contributed by atoms with Crippen LogP contribution in [0.5, 0.6) is 0 Å². The minimum atomic E-state index is -5.52.